The summed E-state index contributed by atoms with van der Waals surface area (Å²) in [4.78, 5) is 16.8. The zero-order chi connectivity index (χ0) is 25.8. The molecule has 1 aliphatic rings. The molecule has 0 aliphatic carbocycles. The van der Waals surface area contributed by atoms with Crippen molar-refractivity contribution in [3.8, 4) is 5.75 Å². The number of rotatable bonds is 9. The number of hydrogen-bond acceptors (Lipinski definition) is 7. The third-order valence-corrected chi connectivity index (χ3v) is 8.08. The molecule has 2 aromatic rings. The molecule has 1 saturated heterocycles. The minimum Gasteiger partial charge on any atom is -0.598 e. The van der Waals surface area contributed by atoms with Crippen LogP contribution in [0.3, 0.4) is 0 Å². The van der Waals surface area contributed by atoms with Crippen LogP contribution >= 0.6 is 23.2 Å². The summed E-state index contributed by atoms with van der Waals surface area (Å²) in [5.74, 6) is 1.06. The standard InChI is InChI=1S/C24H30Cl2N4O4S/c1-5-13-34-20-15-19(26)18(25)14-17(20)23(28-35(33)24(2,3)4)16-9-11-29(12-10-16)21-7-6-8-22(27-21)30(31)32/h5-8,14-16,23,28H,1,9-13H2,2-4H3/t23-,35?/m1/s1. The summed E-state index contributed by atoms with van der Waals surface area (Å²) in [6.45, 7) is 11.0. The average Bonchev–Trinajstić information content (AvgIpc) is 2.82. The maximum Gasteiger partial charge on any atom is 0.365 e. The van der Waals surface area contributed by atoms with Gasteiger partial charge in [0.25, 0.3) is 0 Å². The van der Waals surface area contributed by atoms with Crippen LogP contribution < -0.4 is 14.4 Å². The van der Waals surface area contributed by atoms with Crippen LogP contribution in [-0.4, -0.2) is 38.9 Å². The molecule has 0 amide bonds. The van der Waals surface area contributed by atoms with Gasteiger partial charge in [0.05, 0.1) is 16.1 Å². The smallest absolute Gasteiger partial charge is 0.365 e. The van der Waals surface area contributed by atoms with Gasteiger partial charge < -0.3 is 24.3 Å². The lowest BCUT2D eigenvalue weighted by molar-refractivity contribution is -0.389. The fourth-order valence-corrected chi connectivity index (χ4v) is 5.15. The Hall–Kier alpha value is -2.04. The van der Waals surface area contributed by atoms with Gasteiger partial charge in [0, 0.05) is 48.2 Å². The van der Waals surface area contributed by atoms with Crippen LogP contribution in [0.1, 0.15) is 45.2 Å². The number of ether oxygens (including phenoxy) is 1. The topological polar surface area (TPSA) is 104 Å². The Morgan fingerprint density at radius 1 is 1.31 bits per heavy atom. The number of benzene rings is 1. The number of aromatic nitrogens is 1. The average molecular weight is 542 g/mol. The van der Waals surface area contributed by atoms with Gasteiger partial charge in [0.2, 0.25) is 5.82 Å². The summed E-state index contributed by atoms with van der Waals surface area (Å²) >= 11 is 11.3. The van der Waals surface area contributed by atoms with E-state index in [1.54, 1.807) is 30.3 Å². The summed E-state index contributed by atoms with van der Waals surface area (Å²) in [5.41, 5.74) is 0.783. The molecule has 0 bridgehead atoms. The van der Waals surface area contributed by atoms with E-state index < -0.39 is 21.0 Å². The minimum absolute atomic E-state index is 0.0968. The lowest BCUT2D eigenvalue weighted by atomic mass is 9.85. The van der Waals surface area contributed by atoms with Crippen molar-refractivity contribution in [3.63, 3.8) is 0 Å². The highest BCUT2D eigenvalue weighted by Gasteiger charge is 2.37. The first-order valence-electron chi connectivity index (χ1n) is 11.3. The zero-order valence-corrected chi connectivity index (χ0v) is 22.3. The zero-order valence-electron chi connectivity index (χ0n) is 20.0. The Labute approximate surface area is 219 Å². The first-order chi connectivity index (χ1) is 16.5. The van der Waals surface area contributed by atoms with Crippen LogP contribution in [0.25, 0.3) is 0 Å². The minimum atomic E-state index is -1.35. The maximum atomic E-state index is 13.2. The SMILES string of the molecule is C=CCOc1cc(Cl)c(Cl)cc1[C@H](N[S+]([O-])C(C)(C)C)C1CCN(c2cccc([N+](=O)[O-])n2)CC1. The van der Waals surface area contributed by atoms with Crippen LogP contribution in [-0.2, 0) is 11.4 Å². The Morgan fingerprint density at radius 2 is 1.97 bits per heavy atom. The molecule has 1 unspecified atom stereocenters. The van der Waals surface area contributed by atoms with Crippen LogP contribution in [0.5, 0.6) is 5.75 Å². The molecule has 35 heavy (non-hydrogen) atoms. The molecule has 2 atom stereocenters. The largest absolute Gasteiger partial charge is 0.598 e. The van der Waals surface area contributed by atoms with Crippen molar-refractivity contribution >= 4 is 46.2 Å². The number of hydrogen-bond donors (Lipinski definition) is 1. The maximum absolute atomic E-state index is 13.2. The van der Waals surface area contributed by atoms with E-state index in [1.165, 1.54) is 6.07 Å². The van der Waals surface area contributed by atoms with Crippen molar-refractivity contribution < 1.29 is 14.2 Å². The van der Waals surface area contributed by atoms with Gasteiger partial charge in [0.15, 0.2) is 0 Å². The van der Waals surface area contributed by atoms with Crippen LogP contribution in [0.4, 0.5) is 11.6 Å². The molecule has 0 radical (unpaired) electrons. The molecule has 1 aromatic carbocycles. The molecule has 3 rings (SSSR count). The van der Waals surface area contributed by atoms with E-state index in [0.29, 0.717) is 34.7 Å². The molecule has 190 valence electrons. The first kappa shape index (κ1) is 27.5. The van der Waals surface area contributed by atoms with Gasteiger partial charge in [-0.1, -0.05) is 35.9 Å². The van der Waals surface area contributed by atoms with Gasteiger partial charge in [-0.05, 0) is 61.6 Å². The van der Waals surface area contributed by atoms with Crippen molar-refractivity contribution in [1.82, 2.24) is 9.71 Å². The van der Waals surface area contributed by atoms with E-state index in [4.69, 9.17) is 27.9 Å². The van der Waals surface area contributed by atoms with Crippen LogP contribution in [0.2, 0.25) is 10.0 Å². The number of nitrogens with one attached hydrogen (secondary N) is 1. The second-order valence-corrected chi connectivity index (χ2v) is 12.1. The van der Waals surface area contributed by atoms with E-state index >= 15 is 0 Å². The summed E-state index contributed by atoms with van der Waals surface area (Å²) in [6.07, 6.45) is 3.13. The normalized spacial score (nSPS) is 16.6. The molecule has 8 nitrogen and oxygen atoms in total. The van der Waals surface area contributed by atoms with Crippen molar-refractivity contribution in [2.75, 3.05) is 24.6 Å². The number of nitrogens with zero attached hydrogens (tertiary/aromatic N) is 3. The Bertz CT molecular complexity index is 1060. The summed E-state index contributed by atoms with van der Waals surface area (Å²) in [6, 6.07) is 7.94. The molecular formula is C24H30Cl2N4O4S. The first-order valence-corrected chi connectivity index (χ1v) is 13.2. The van der Waals surface area contributed by atoms with Gasteiger partial charge in [-0.15, -0.1) is 4.72 Å². The molecule has 0 spiro atoms. The van der Waals surface area contributed by atoms with Gasteiger partial charge >= 0.3 is 5.82 Å². The molecule has 11 heteroatoms. The van der Waals surface area contributed by atoms with Crippen LogP contribution in [0, 0.1) is 16.0 Å². The third kappa shape index (κ3) is 7.01. The summed E-state index contributed by atoms with van der Waals surface area (Å²) in [5, 5.41) is 11.9. The number of halogens is 2. The van der Waals surface area contributed by atoms with Gasteiger partial charge in [0.1, 0.15) is 17.1 Å². The second kappa shape index (κ2) is 11.8. The van der Waals surface area contributed by atoms with Crippen molar-refractivity contribution in [1.29, 1.82) is 0 Å². The molecule has 2 heterocycles. The highest BCUT2D eigenvalue weighted by molar-refractivity contribution is 7.90. The van der Waals surface area contributed by atoms with Crippen LogP contribution in [0.15, 0.2) is 43.0 Å². The lowest BCUT2D eigenvalue weighted by Crippen LogP contribution is -2.46. The van der Waals surface area contributed by atoms with E-state index in [-0.39, 0.29) is 24.4 Å². The Balaban J connectivity index is 1.89. The highest BCUT2D eigenvalue weighted by Crippen LogP contribution is 2.41. The quantitative estimate of drug-likeness (QED) is 0.183. The van der Waals surface area contributed by atoms with Crippen molar-refractivity contribution in [2.24, 2.45) is 5.92 Å². The van der Waals surface area contributed by atoms with Gasteiger partial charge in [-0.25, -0.2) is 0 Å². The van der Waals surface area contributed by atoms with E-state index in [2.05, 4.69) is 16.3 Å². The van der Waals surface area contributed by atoms with E-state index in [9.17, 15) is 14.7 Å². The fourth-order valence-electron chi connectivity index (χ4n) is 3.92. The predicted octanol–water partition coefficient (Wildman–Crippen LogP) is 5.87. The van der Waals surface area contributed by atoms with Crippen molar-refractivity contribution in [2.45, 2.75) is 44.4 Å². The number of anilines is 1. The molecule has 1 fully saturated rings. The molecule has 1 N–H and O–H groups in total. The van der Waals surface area contributed by atoms with Gasteiger partial charge in [-0.3, -0.25) is 0 Å². The number of pyridine rings is 1. The predicted molar refractivity (Wildman–Crippen MR) is 142 cm³/mol. The van der Waals surface area contributed by atoms with Gasteiger partial charge in [-0.2, -0.15) is 0 Å². The molecule has 0 saturated carbocycles. The molecule has 1 aromatic heterocycles. The molecule has 1 aliphatic heterocycles. The number of piperidine rings is 1. The Morgan fingerprint density at radius 3 is 2.57 bits per heavy atom. The molecular weight excluding hydrogens is 511 g/mol. The van der Waals surface area contributed by atoms with E-state index in [1.807, 2.05) is 25.7 Å². The third-order valence-electron chi connectivity index (χ3n) is 5.78. The fraction of sp³-hybridized carbons (Fsp3) is 0.458. The second-order valence-electron chi connectivity index (χ2n) is 9.32. The lowest BCUT2D eigenvalue weighted by Gasteiger charge is -2.37. The Kier molecular flexibility index (Phi) is 9.28. The number of nitro groups is 1. The van der Waals surface area contributed by atoms with E-state index in [0.717, 1.165) is 18.4 Å². The monoisotopic (exact) mass is 540 g/mol. The van der Waals surface area contributed by atoms with Crippen molar-refractivity contribution in [3.05, 3.63) is 68.7 Å². The summed E-state index contributed by atoms with van der Waals surface area (Å²) < 4.78 is 21.9. The highest BCUT2D eigenvalue weighted by atomic mass is 35.5. The summed E-state index contributed by atoms with van der Waals surface area (Å²) in [7, 11) is 0.